The van der Waals surface area contributed by atoms with Crippen LogP contribution in [0.3, 0.4) is 0 Å². The first-order valence-electron chi connectivity index (χ1n) is 22.7. The van der Waals surface area contributed by atoms with E-state index in [0.29, 0.717) is 0 Å². The van der Waals surface area contributed by atoms with Crippen LogP contribution in [0.15, 0.2) is 247 Å². The van der Waals surface area contributed by atoms with E-state index in [1.165, 1.54) is 44.5 Å². The van der Waals surface area contributed by atoms with Crippen molar-refractivity contribution in [1.82, 2.24) is 0 Å². The SMILES string of the molecule is CC1(C)c2ccccc2-c2cc(N(c3ccc(-c4ccccc4)cc3)c3ccc(-c4ccc(N(c5ccc(-c6ccccc6)cc5)c5ccc6oc7ccccc7c6c5)cc4)cc3)ccc21. The molecule has 3 nitrogen and oxygen atoms in total. The summed E-state index contributed by atoms with van der Waals surface area (Å²) >= 11 is 0. The molecule has 0 saturated heterocycles. The highest BCUT2D eigenvalue weighted by molar-refractivity contribution is 6.06. The van der Waals surface area contributed by atoms with Gasteiger partial charge in [-0.15, -0.1) is 0 Å². The molecule has 11 aromatic rings. The third kappa shape index (κ3) is 6.85. The molecule has 0 radical (unpaired) electrons. The van der Waals surface area contributed by atoms with Gasteiger partial charge in [0.05, 0.1) is 0 Å². The van der Waals surface area contributed by atoms with Gasteiger partial charge in [0.1, 0.15) is 11.2 Å². The van der Waals surface area contributed by atoms with Crippen molar-refractivity contribution in [3.05, 3.63) is 254 Å². The average Bonchev–Trinajstić information content (AvgIpc) is 3.86. The fourth-order valence-electron chi connectivity index (χ4n) is 10.1. The second kappa shape index (κ2) is 16.0. The van der Waals surface area contributed by atoms with Crippen LogP contribution < -0.4 is 9.80 Å². The van der Waals surface area contributed by atoms with E-state index in [1.807, 2.05) is 12.1 Å². The Morgan fingerprint density at radius 3 is 1.20 bits per heavy atom. The third-order valence-corrected chi connectivity index (χ3v) is 13.5. The maximum absolute atomic E-state index is 6.24. The van der Waals surface area contributed by atoms with E-state index in [1.54, 1.807) is 0 Å². The first-order valence-corrected chi connectivity index (χ1v) is 22.7. The van der Waals surface area contributed by atoms with Gasteiger partial charge in [0.15, 0.2) is 0 Å². The van der Waals surface area contributed by atoms with Crippen molar-refractivity contribution in [2.45, 2.75) is 19.3 Å². The molecule has 314 valence electrons. The van der Waals surface area contributed by atoms with Crippen molar-refractivity contribution in [2.75, 3.05) is 9.80 Å². The first kappa shape index (κ1) is 39.2. The highest BCUT2D eigenvalue weighted by atomic mass is 16.3. The van der Waals surface area contributed by atoms with Gasteiger partial charge in [-0.3, -0.25) is 0 Å². The van der Waals surface area contributed by atoms with E-state index in [4.69, 9.17) is 4.42 Å². The quantitative estimate of drug-likeness (QED) is 0.144. The third-order valence-electron chi connectivity index (χ3n) is 13.5. The Labute approximate surface area is 386 Å². The average molecular weight is 847 g/mol. The lowest BCUT2D eigenvalue weighted by Gasteiger charge is -2.27. The number of hydrogen-bond acceptors (Lipinski definition) is 3. The number of anilines is 6. The maximum Gasteiger partial charge on any atom is 0.135 e. The standard InChI is InChI=1S/C63H46N2O/c1-63(2)59-19-11-9-17-55(59)57-41-53(37-39-60(57)63)64(49-29-21-45(22-30-49)43-13-5-3-6-14-43)50-33-25-47(26-34-50)48-27-35-52(36-28-48)65(51-31-23-46(24-32-51)44-15-7-4-8-16-44)54-38-40-62-58(42-54)56-18-10-12-20-61(56)66-62/h3-42H,1-2H3. The number of nitrogens with zero attached hydrogens (tertiary/aromatic N) is 2. The molecule has 1 aliphatic carbocycles. The van der Waals surface area contributed by atoms with Gasteiger partial charge < -0.3 is 14.2 Å². The van der Waals surface area contributed by atoms with E-state index < -0.39 is 0 Å². The first-order chi connectivity index (χ1) is 32.5. The number of furan rings is 1. The van der Waals surface area contributed by atoms with Gasteiger partial charge >= 0.3 is 0 Å². The Morgan fingerprint density at radius 2 is 0.667 bits per heavy atom. The molecule has 0 atom stereocenters. The van der Waals surface area contributed by atoms with Gasteiger partial charge in [-0.25, -0.2) is 0 Å². The fraction of sp³-hybridized carbons (Fsp3) is 0.0476. The summed E-state index contributed by atoms with van der Waals surface area (Å²) in [5.74, 6) is 0. The second-order valence-electron chi connectivity index (χ2n) is 17.8. The molecule has 0 fully saturated rings. The van der Waals surface area contributed by atoms with Gasteiger partial charge in [0.25, 0.3) is 0 Å². The van der Waals surface area contributed by atoms with Crippen molar-refractivity contribution in [3.63, 3.8) is 0 Å². The van der Waals surface area contributed by atoms with E-state index in [2.05, 4.69) is 254 Å². The Balaban J connectivity index is 0.903. The Kier molecular flexibility index (Phi) is 9.50. The Morgan fingerprint density at radius 1 is 0.288 bits per heavy atom. The molecule has 0 aliphatic heterocycles. The maximum atomic E-state index is 6.24. The Hall–Kier alpha value is -8.40. The van der Waals surface area contributed by atoms with Gasteiger partial charge in [0, 0.05) is 50.3 Å². The van der Waals surface area contributed by atoms with Crippen LogP contribution in [0, 0.1) is 0 Å². The van der Waals surface area contributed by atoms with Crippen LogP contribution in [0.4, 0.5) is 34.1 Å². The lowest BCUT2D eigenvalue weighted by Crippen LogP contribution is -2.15. The number of fused-ring (bicyclic) bond motifs is 6. The lowest BCUT2D eigenvalue weighted by molar-refractivity contribution is 0.660. The smallest absolute Gasteiger partial charge is 0.135 e. The summed E-state index contributed by atoms with van der Waals surface area (Å²) in [4.78, 5) is 4.72. The molecule has 0 unspecified atom stereocenters. The number of hydrogen-bond donors (Lipinski definition) is 0. The zero-order valence-corrected chi connectivity index (χ0v) is 36.9. The number of rotatable bonds is 9. The van der Waals surface area contributed by atoms with Crippen LogP contribution in [0.1, 0.15) is 25.0 Å². The largest absolute Gasteiger partial charge is 0.456 e. The second-order valence-corrected chi connectivity index (χ2v) is 17.8. The summed E-state index contributed by atoms with van der Waals surface area (Å²) in [6.07, 6.45) is 0. The van der Waals surface area contributed by atoms with Crippen molar-refractivity contribution < 1.29 is 4.42 Å². The topological polar surface area (TPSA) is 19.6 Å². The molecule has 0 saturated carbocycles. The summed E-state index contributed by atoms with van der Waals surface area (Å²) in [5, 5.41) is 2.21. The molecule has 0 N–H and O–H groups in total. The minimum Gasteiger partial charge on any atom is -0.456 e. The molecule has 0 bridgehead atoms. The number of benzene rings is 10. The molecular weight excluding hydrogens is 801 g/mol. The normalized spacial score (nSPS) is 12.5. The zero-order chi connectivity index (χ0) is 44.2. The van der Waals surface area contributed by atoms with Gasteiger partial charge in [0.2, 0.25) is 0 Å². The summed E-state index contributed by atoms with van der Waals surface area (Å²) < 4.78 is 6.24. The highest BCUT2D eigenvalue weighted by Gasteiger charge is 2.35. The van der Waals surface area contributed by atoms with Crippen molar-refractivity contribution in [2.24, 2.45) is 0 Å². The lowest BCUT2D eigenvalue weighted by atomic mass is 9.82. The van der Waals surface area contributed by atoms with E-state index in [9.17, 15) is 0 Å². The Bertz CT molecular complexity index is 3520. The molecule has 10 aromatic carbocycles. The minimum atomic E-state index is -0.0594. The van der Waals surface area contributed by atoms with Crippen LogP contribution in [-0.2, 0) is 5.41 Å². The predicted molar refractivity (Wildman–Crippen MR) is 277 cm³/mol. The number of para-hydroxylation sites is 1. The van der Waals surface area contributed by atoms with Gasteiger partial charge in [-0.1, -0.05) is 172 Å². The van der Waals surface area contributed by atoms with Crippen molar-refractivity contribution in [1.29, 1.82) is 0 Å². The van der Waals surface area contributed by atoms with E-state index in [-0.39, 0.29) is 5.41 Å². The summed E-state index contributed by atoms with van der Waals surface area (Å²) in [7, 11) is 0. The van der Waals surface area contributed by atoms with Crippen molar-refractivity contribution in [3.8, 4) is 44.5 Å². The summed E-state index contributed by atoms with van der Waals surface area (Å²) in [6.45, 7) is 4.68. The van der Waals surface area contributed by atoms with Crippen LogP contribution in [0.25, 0.3) is 66.4 Å². The predicted octanol–water partition coefficient (Wildman–Crippen LogP) is 17.8. The fourth-order valence-corrected chi connectivity index (χ4v) is 10.1. The molecule has 0 amide bonds. The highest BCUT2D eigenvalue weighted by Crippen LogP contribution is 2.51. The molecule has 66 heavy (non-hydrogen) atoms. The van der Waals surface area contributed by atoms with Crippen molar-refractivity contribution >= 4 is 56.1 Å². The summed E-state index contributed by atoms with van der Waals surface area (Å²) in [5.41, 5.74) is 20.7. The molecular formula is C63H46N2O. The van der Waals surface area contributed by atoms with E-state index >= 15 is 0 Å². The van der Waals surface area contributed by atoms with Crippen LogP contribution >= 0.6 is 0 Å². The monoisotopic (exact) mass is 846 g/mol. The molecule has 1 heterocycles. The summed E-state index contributed by atoms with van der Waals surface area (Å²) in [6, 6.07) is 87.5. The van der Waals surface area contributed by atoms with Crippen LogP contribution in [0.5, 0.6) is 0 Å². The molecule has 1 aliphatic rings. The molecule has 3 heteroatoms. The van der Waals surface area contributed by atoms with Gasteiger partial charge in [-0.2, -0.15) is 0 Å². The van der Waals surface area contributed by atoms with Gasteiger partial charge in [-0.05, 0) is 141 Å². The molecule has 12 rings (SSSR count). The van der Waals surface area contributed by atoms with E-state index in [0.717, 1.165) is 67.2 Å². The zero-order valence-electron chi connectivity index (χ0n) is 36.9. The molecule has 0 spiro atoms. The van der Waals surface area contributed by atoms with Crippen LogP contribution in [0.2, 0.25) is 0 Å². The van der Waals surface area contributed by atoms with Crippen LogP contribution in [-0.4, -0.2) is 0 Å². The minimum absolute atomic E-state index is 0.0594. The molecule has 1 aromatic heterocycles.